The van der Waals surface area contributed by atoms with E-state index in [-0.39, 0.29) is 0 Å². The van der Waals surface area contributed by atoms with Crippen molar-refractivity contribution >= 4 is 0 Å². The summed E-state index contributed by atoms with van der Waals surface area (Å²) >= 11 is 0. The van der Waals surface area contributed by atoms with Gasteiger partial charge in [0.25, 0.3) is 0 Å². The molecule has 2 N–H and O–H groups in total. The number of allylic oxidation sites excluding steroid dienone is 4. The molecule has 0 amide bonds. The van der Waals surface area contributed by atoms with E-state index in [0.717, 1.165) is 13.1 Å². The van der Waals surface area contributed by atoms with E-state index < -0.39 is 0 Å². The van der Waals surface area contributed by atoms with E-state index in [1.807, 2.05) is 11.0 Å². The fourth-order valence-electron chi connectivity index (χ4n) is 1.32. The molecule has 0 aromatic heterocycles. The van der Waals surface area contributed by atoms with Gasteiger partial charge in [-0.1, -0.05) is 12.7 Å². The van der Waals surface area contributed by atoms with E-state index in [9.17, 15) is 0 Å². The first-order valence-electron chi connectivity index (χ1n) is 4.80. The molecule has 1 aliphatic heterocycles. The highest BCUT2D eigenvalue weighted by Gasteiger charge is 2.10. The largest absolute Gasteiger partial charge is 0.385 e. The van der Waals surface area contributed by atoms with Gasteiger partial charge in [0, 0.05) is 13.1 Å². The van der Waals surface area contributed by atoms with Crippen LogP contribution in [0.15, 0.2) is 36.2 Å². The topological polar surface area (TPSA) is 62.3 Å². The van der Waals surface area contributed by atoms with Crippen molar-refractivity contribution in [3.8, 4) is 6.07 Å². The molecule has 0 radical (unpaired) electrons. The zero-order valence-electron chi connectivity index (χ0n) is 8.65. The molecule has 0 spiro atoms. The average Bonchev–Trinajstić information content (AvgIpc) is 2.29. The highest BCUT2D eigenvalue weighted by molar-refractivity contribution is 5.36. The summed E-state index contributed by atoms with van der Waals surface area (Å²) < 4.78 is 5.21. The van der Waals surface area contributed by atoms with Gasteiger partial charge in [-0.2, -0.15) is 5.26 Å². The Labute approximate surface area is 89.9 Å². The molecule has 1 aliphatic rings. The number of nitriles is 1. The molecule has 80 valence electrons. The second kappa shape index (κ2) is 5.89. The Morgan fingerprint density at radius 3 is 2.67 bits per heavy atom. The van der Waals surface area contributed by atoms with Crippen molar-refractivity contribution < 1.29 is 4.74 Å². The first-order chi connectivity index (χ1) is 7.27. The summed E-state index contributed by atoms with van der Waals surface area (Å²) in [4.78, 5) is 2.00. The van der Waals surface area contributed by atoms with Gasteiger partial charge in [0.2, 0.25) is 0 Å². The predicted octanol–water partition coefficient (Wildman–Crippen LogP) is 0.755. The molecule has 0 aliphatic carbocycles. The summed E-state index contributed by atoms with van der Waals surface area (Å²) in [5, 5.41) is 8.79. The van der Waals surface area contributed by atoms with Gasteiger partial charge in [0.05, 0.1) is 24.9 Å². The van der Waals surface area contributed by atoms with E-state index in [1.165, 1.54) is 0 Å². The van der Waals surface area contributed by atoms with Gasteiger partial charge in [0.1, 0.15) is 5.82 Å². The third kappa shape index (κ3) is 3.49. The Bertz CT molecular complexity index is 319. The molecule has 0 atom stereocenters. The van der Waals surface area contributed by atoms with Crippen LogP contribution in [-0.4, -0.2) is 31.2 Å². The van der Waals surface area contributed by atoms with E-state index in [0.29, 0.717) is 24.6 Å². The summed E-state index contributed by atoms with van der Waals surface area (Å²) in [6.45, 7) is 6.45. The minimum Gasteiger partial charge on any atom is -0.385 e. The van der Waals surface area contributed by atoms with Gasteiger partial charge < -0.3 is 15.4 Å². The number of hydrogen-bond donors (Lipinski definition) is 1. The molecule has 0 bridgehead atoms. The van der Waals surface area contributed by atoms with E-state index in [2.05, 4.69) is 6.58 Å². The van der Waals surface area contributed by atoms with Gasteiger partial charge in [0.15, 0.2) is 0 Å². The first kappa shape index (κ1) is 11.3. The third-order valence-corrected chi connectivity index (χ3v) is 2.11. The Balaban J connectivity index is 2.68. The zero-order valence-corrected chi connectivity index (χ0v) is 8.65. The summed E-state index contributed by atoms with van der Waals surface area (Å²) in [5.74, 6) is 0.605. The molecule has 1 saturated heterocycles. The maximum atomic E-state index is 8.79. The lowest BCUT2D eigenvalue weighted by molar-refractivity contribution is 0.0530. The van der Waals surface area contributed by atoms with Crippen molar-refractivity contribution in [3.63, 3.8) is 0 Å². The predicted molar refractivity (Wildman–Crippen MR) is 58.6 cm³/mol. The SMILES string of the molecule is C=C/C=C(C#N)\C=C(/N)N1CCOCC1. The van der Waals surface area contributed by atoms with Crippen LogP contribution in [0.1, 0.15) is 0 Å². The van der Waals surface area contributed by atoms with Crippen molar-refractivity contribution in [2.24, 2.45) is 5.73 Å². The zero-order chi connectivity index (χ0) is 11.1. The summed E-state index contributed by atoms with van der Waals surface area (Å²) in [5.41, 5.74) is 6.37. The van der Waals surface area contributed by atoms with Gasteiger partial charge in [-0.15, -0.1) is 0 Å². The van der Waals surface area contributed by atoms with Crippen LogP contribution >= 0.6 is 0 Å². The van der Waals surface area contributed by atoms with Crippen molar-refractivity contribution in [1.29, 1.82) is 5.26 Å². The van der Waals surface area contributed by atoms with Crippen LogP contribution in [0.4, 0.5) is 0 Å². The lowest BCUT2D eigenvalue weighted by Gasteiger charge is -2.28. The minimum absolute atomic E-state index is 0.508. The molecule has 15 heavy (non-hydrogen) atoms. The molecular formula is C11H15N3O. The van der Waals surface area contributed by atoms with Crippen LogP contribution in [0, 0.1) is 11.3 Å². The average molecular weight is 205 g/mol. The van der Waals surface area contributed by atoms with Crippen LogP contribution < -0.4 is 5.73 Å². The minimum atomic E-state index is 0.508. The number of nitrogens with two attached hydrogens (primary N) is 1. The van der Waals surface area contributed by atoms with Gasteiger partial charge in [-0.25, -0.2) is 0 Å². The van der Waals surface area contributed by atoms with E-state index in [1.54, 1.807) is 18.2 Å². The fraction of sp³-hybridized carbons (Fsp3) is 0.364. The second-order valence-electron chi connectivity index (χ2n) is 3.14. The van der Waals surface area contributed by atoms with Crippen LogP contribution in [0.5, 0.6) is 0 Å². The van der Waals surface area contributed by atoms with Crippen LogP contribution in [-0.2, 0) is 4.74 Å². The molecule has 1 fully saturated rings. The number of nitrogens with zero attached hydrogens (tertiary/aromatic N) is 2. The van der Waals surface area contributed by atoms with Crippen molar-refractivity contribution in [3.05, 3.63) is 36.2 Å². The number of hydrogen-bond acceptors (Lipinski definition) is 4. The standard InChI is InChI=1S/C11H15N3O/c1-2-3-10(9-12)8-11(13)14-4-6-15-7-5-14/h2-3,8H,1,4-7,13H2/b10-3+,11-8+. The lowest BCUT2D eigenvalue weighted by atomic mass is 10.2. The third-order valence-electron chi connectivity index (χ3n) is 2.11. The van der Waals surface area contributed by atoms with Crippen LogP contribution in [0.25, 0.3) is 0 Å². The Kier molecular flexibility index (Phi) is 4.45. The van der Waals surface area contributed by atoms with E-state index in [4.69, 9.17) is 15.7 Å². The fourth-order valence-corrected chi connectivity index (χ4v) is 1.32. The second-order valence-corrected chi connectivity index (χ2v) is 3.14. The number of rotatable bonds is 3. The summed E-state index contributed by atoms with van der Waals surface area (Å²) in [7, 11) is 0. The van der Waals surface area contributed by atoms with Gasteiger partial charge in [-0.05, 0) is 12.2 Å². The summed E-state index contributed by atoms with van der Waals surface area (Å²) in [6, 6.07) is 2.05. The van der Waals surface area contributed by atoms with Crippen molar-refractivity contribution in [2.75, 3.05) is 26.3 Å². The monoisotopic (exact) mass is 205 g/mol. The van der Waals surface area contributed by atoms with Crippen molar-refractivity contribution in [1.82, 2.24) is 4.90 Å². The molecule has 4 heteroatoms. The molecule has 0 aromatic rings. The molecule has 0 unspecified atom stereocenters. The molecule has 4 nitrogen and oxygen atoms in total. The first-order valence-corrected chi connectivity index (χ1v) is 4.80. The normalized spacial score (nSPS) is 18.5. The highest BCUT2D eigenvalue weighted by atomic mass is 16.5. The number of morpholine rings is 1. The number of ether oxygens (including phenoxy) is 1. The van der Waals surface area contributed by atoms with Gasteiger partial charge in [-0.3, -0.25) is 0 Å². The van der Waals surface area contributed by atoms with Crippen molar-refractivity contribution in [2.45, 2.75) is 0 Å². The van der Waals surface area contributed by atoms with Crippen LogP contribution in [0.3, 0.4) is 0 Å². The summed E-state index contributed by atoms with van der Waals surface area (Å²) in [6.07, 6.45) is 4.86. The highest BCUT2D eigenvalue weighted by Crippen LogP contribution is 2.06. The molecular weight excluding hydrogens is 190 g/mol. The maximum absolute atomic E-state index is 8.79. The Hall–Kier alpha value is -1.73. The van der Waals surface area contributed by atoms with E-state index >= 15 is 0 Å². The Morgan fingerprint density at radius 1 is 1.47 bits per heavy atom. The molecule has 0 saturated carbocycles. The lowest BCUT2D eigenvalue weighted by Crippen LogP contribution is -2.38. The maximum Gasteiger partial charge on any atom is 0.100 e. The quantitative estimate of drug-likeness (QED) is 0.545. The van der Waals surface area contributed by atoms with Gasteiger partial charge >= 0.3 is 0 Å². The smallest absolute Gasteiger partial charge is 0.100 e. The molecule has 1 rings (SSSR count). The Morgan fingerprint density at radius 2 is 2.13 bits per heavy atom. The van der Waals surface area contributed by atoms with Crippen LogP contribution in [0.2, 0.25) is 0 Å². The molecule has 0 aromatic carbocycles. The molecule has 1 heterocycles.